The lowest BCUT2D eigenvalue weighted by atomic mass is 11.0. The van der Waals surface area contributed by atoms with Crippen molar-refractivity contribution in [2.24, 2.45) is 0 Å². The Morgan fingerprint density at radius 2 is 2.60 bits per heavy atom. The van der Waals surface area contributed by atoms with E-state index in [9.17, 15) is 0 Å². The first kappa shape index (κ1) is 8.02. The van der Waals surface area contributed by atoms with Crippen LogP contribution in [0, 0.1) is 0 Å². The molecule has 10 heavy (non-hydrogen) atoms. The van der Waals surface area contributed by atoms with Gasteiger partial charge in [-0.25, -0.2) is 0 Å². The SMILES string of the molecule is CCSCS12CCSC1S2. The van der Waals surface area contributed by atoms with E-state index in [-0.39, 0.29) is 9.06 Å². The molecule has 0 aliphatic carbocycles. The molecule has 2 fully saturated rings. The average molecular weight is 212 g/mol. The van der Waals surface area contributed by atoms with Crippen molar-refractivity contribution in [3.63, 3.8) is 0 Å². The van der Waals surface area contributed by atoms with Gasteiger partial charge in [0.2, 0.25) is 0 Å². The standard InChI is InChI=1S/C6H12S4/c1-2-7-5-10-4-3-8-6(10)9-10/h6H,2-5H2,1H3. The van der Waals surface area contributed by atoms with E-state index in [2.05, 4.69) is 41.2 Å². The highest BCUT2D eigenvalue weighted by atomic mass is 33.2. The molecule has 0 aromatic rings. The molecule has 2 heterocycles. The number of rotatable bonds is 3. The molecule has 2 atom stereocenters. The van der Waals surface area contributed by atoms with Crippen LogP contribution in [0.15, 0.2) is 0 Å². The summed E-state index contributed by atoms with van der Waals surface area (Å²) in [5.74, 6) is 4.32. The molecule has 2 aliphatic rings. The van der Waals surface area contributed by atoms with Crippen molar-refractivity contribution >= 4 is 43.4 Å². The molecule has 4 heteroatoms. The van der Waals surface area contributed by atoms with E-state index >= 15 is 0 Å². The molecule has 2 unspecified atom stereocenters. The van der Waals surface area contributed by atoms with Crippen LogP contribution in [-0.2, 0) is 0 Å². The molecule has 0 saturated carbocycles. The van der Waals surface area contributed by atoms with Gasteiger partial charge in [0.25, 0.3) is 0 Å². The lowest BCUT2D eigenvalue weighted by Gasteiger charge is -2.12. The maximum absolute atomic E-state index is 2.29. The van der Waals surface area contributed by atoms with Crippen molar-refractivity contribution in [2.45, 2.75) is 10.8 Å². The second kappa shape index (κ2) is 3.04. The van der Waals surface area contributed by atoms with Gasteiger partial charge in [0.1, 0.15) is 0 Å². The topological polar surface area (TPSA) is 0 Å². The van der Waals surface area contributed by atoms with Crippen molar-refractivity contribution in [3.05, 3.63) is 0 Å². The van der Waals surface area contributed by atoms with Crippen molar-refractivity contribution in [3.8, 4) is 0 Å². The second-order valence-corrected chi connectivity index (χ2v) is 12.3. The first-order valence-corrected chi connectivity index (χ1v) is 9.16. The highest BCUT2D eigenvalue weighted by Crippen LogP contribution is 2.91. The number of hydrogen-bond donors (Lipinski definition) is 0. The molecular formula is C6H12S4. The first-order valence-electron chi connectivity index (χ1n) is 3.52. The summed E-state index contributed by atoms with van der Waals surface area (Å²) < 4.78 is 1.08. The monoisotopic (exact) mass is 212 g/mol. The van der Waals surface area contributed by atoms with Crippen LogP contribution in [0.5, 0.6) is 0 Å². The van der Waals surface area contributed by atoms with Crippen LogP contribution in [0.2, 0.25) is 0 Å². The maximum Gasteiger partial charge on any atom is 0.0983 e. The average Bonchev–Trinajstić information content (AvgIpc) is 2.51. The summed E-state index contributed by atoms with van der Waals surface area (Å²) >= 11 is 4.36. The minimum Gasteiger partial charge on any atom is -0.159 e. The normalized spacial score (nSPS) is 49.9. The molecule has 2 rings (SSSR count). The molecule has 0 radical (unpaired) electrons. The van der Waals surface area contributed by atoms with E-state index in [1.165, 1.54) is 16.6 Å². The fraction of sp³-hybridized carbons (Fsp3) is 1.00. The number of thioether (sulfide) groups is 2. The van der Waals surface area contributed by atoms with Crippen molar-refractivity contribution in [1.29, 1.82) is 0 Å². The molecular weight excluding hydrogens is 200 g/mol. The van der Waals surface area contributed by atoms with Crippen molar-refractivity contribution in [1.82, 2.24) is 0 Å². The quantitative estimate of drug-likeness (QED) is 0.521. The lowest BCUT2D eigenvalue weighted by Crippen LogP contribution is -1.88. The summed E-state index contributed by atoms with van der Waals surface area (Å²) in [5.41, 5.74) is 0. The van der Waals surface area contributed by atoms with E-state index in [0.29, 0.717) is 0 Å². The molecule has 2 saturated heterocycles. The van der Waals surface area contributed by atoms with Gasteiger partial charge in [-0.2, -0.15) is 20.8 Å². The van der Waals surface area contributed by atoms with Crippen LogP contribution in [0.3, 0.4) is 0 Å². The van der Waals surface area contributed by atoms with E-state index in [0.717, 1.165) is 3.91 Å². The Balaban J connectivity index is 1.82. The Morgan fingerprint density at radius 3 is 3.10 bits per heavy atom. The Kier molecular flexibility index (Phi) is 2.43. The van der Waals surface area contributed by atoms with Gasteiger partial charge in [-0.3, -0.25) is 0 Å². The largest absolute Gasteiger partial charge is 0.159 e. The molecule has 60 valence electrons. The van der Waals surface area contributed by atoms with Crippen LogP contribution in [0.25, 0.3) is 0 Å². The van der Waals surface area contributed by atoms with Gasteiger partial charge in [-0.1, -0.05) is 17.7 Å². The Bertz CT molecular complexity index is 138. The molecule has 0 aromatic carbocycles. The van der Waals surface area contributed by atoms with E-state index < -0.39 is 0 Å². The first-order chi connectivity index (χ1) is 4.87. The van der Waals surface area contributed by atoms with Crippen LogP contribution in [0.4, 0.5) is 0 Å². The smallest absolute Gasteiger partial charge is 0.0983 e. The molecule has 0 spiro atoms. The fourth-order valence-electron chi connectivity index (χ4n) is 1.08. The third-order valence-corrected chi connectivity index (χ3v) is 14.6. The minimum atomic E-state index is -0.0566. The Labute approximate surface area is 76.4 Å². The summed E-state index contributed by atoms with van der Waals surface area (Å²) in [6.07, 6.45) is 0. The zero-order chi connectivity index (χ0) is 7.03. The minimum absolute atomic E-state index is 0.0566. The van der Waals surface area contributed by atoms with E-state index in [1.807, 2.05) is 0 Å². The van der Waals surface area contributed by atoms with Crippen LogP contribution in [-0.4, -0.2) is 26.3 Å². The molecule has 2 aliphatic heterocycles. The predicted molar refractivity (Wildman–Crippen MR) is 59.3 cm³/mol. The van der Waals surface area contributed by atoms with Gasteiger partial charge < -0.3 is 0 Å². The molecule has 0 amide bonds. The highest BCUT2D eigenvalue weighted by molar-refractivity contribution is 9.13. The maximum atomic E-state index is 2.29. The van der Waals surface area contributed by atoms with Crippen LogP contribution < -0.4 is 0 Å². The van der Waals surface area contributed by atoms with Crippen molar-refractivity contribution in [2.75, 3.05) is 22.3 Å². The van der Waals surface area contributed by atoms with Gasteiger partial charge in [0.15, 0.2) is 0 Å². The summed E-state index contributed by atoms with van der Waals surface area (Å²) in [6, 6.07) is 0. The summed E-state index contributed by atoms with van der Waals surface area (Å²) in [4.78, 5) is 0. The number of fused-ring (bicyclic) bond motifs is 1. The lowest BCUT2D eigenvalue weighted by molar-refractivity contribution is 1.52. The molecule has 0 N–H and O–H groups in total. The summed E-state index contributed by atoms with van der Waals surface area (Å²) in [6.45, 7) is 2.27. The van der Waals surface area contributed by atoms with E-state index in [1.54, 1.807) is 5.75 Å². The second-order valence-electron chi connectivity index (χ2n) is 2.44. The van der Waals surface area contributed by atoms with Gasteiger partial charge in [-0.15, -0.1) is 11.8 Å². The predicted octanol–water partition coefficient (Wildman–Crippen LogP) is 3.19. The summed E-state index contributed by atoms with van der Waals surface area (Å²) in [7, 11) is 2.23. The molecule has 0 bridgehead atoms. The molecule has 0 nitrogen and oxygen atoms in total. The summed E-state index contributed by atoms with van der Waals surface area (Å²) in [5, 5.41) is 1.49. The third kappa shape index (κ3) is 1.32. The van der Waals surface area contributed by atoms with E-state index in [4.69, 9.17) is 0 Å². The highest BCUT2D eigenvalue weighted by Gasteiger charge is 2.54. The van der Waals surface area contributed by atoms with Crippen LogP contribution in [0.1, 0.15) is 6.92 Å². The fourth-order valence-corrected chi connectivity index (χ4v) is 15.9. The third-order valence-electron chi connectivity index (χ3n) is 1.75. The van der Waals surface area contributed by atoms with Crippen molar-refractivity contribution < 1.29 is 0 Å². The van der Waals surface area contributed by atoms with Gasteiger partial charge in [0.05, 0.1) is 3.91 Å². The Hall–Kier alpha value is 1.40. The molecule has 0 aromatic heterocycles. The van der Waals surface area contributed by atoms with Gasteiger partial charge >= 0.3 is 0 Å². The number of hydrogen-bond acceptors (Lipinski definition) is 3. The van der Waals surface area contributed by atoms with Gasteiger partial charge in [0, 0.05) is 10.8 Å². The van der Waals surface area contributed by atoms with Gasteiger partial charge in [-0.05, 0) is 11.5 Å². The van der Waals surface area contributed by atoms with Crippen LogP contribution >= 0.6 is 43.4 Å². The zero-order valence-corrected chi connectivity index (χ0v) is 9.30. The zero-order valence-electron chi connectivity index (χ0n) is 6.04. The Morgan fingerprint density at radius 1 is 1.70 bits per heavy atom.